The highest BCUT2D eigenvalue weighted by Gasteiger charge is 2.07. The van der Waals surface area contributed by atoms with Crippen LogP contribution in [0.2, 0.25) is 0 Å². The second kappa shape index (κ2) is 6.52. The van der Waals surface area contributed by atoms with Crippen LogP contribution in [0.5, 0.6) is 0 Å². The lowest BCUT2D eigenvalue weighted by molar-refractivity contribution is 0.921. The Morgan fingerprint density at radius 1 is 1.37 bits per heavy atom. The number of pyridine rings is 1. The van der Waals surface area contributed by atoms with E-state index in [9.17, 15) is 0 Å². The fourth-order valence-corrected chi connectivity index (χ4v) is 2.62. The molecular weight excluding hydrogens is 256 g/mol. The first kappa shape index (κ1) is 13.8. The minimum absolute atomic E-state index is 0.883. The summed E-state index contributed by atoms with van der Waals surface area (Å²) in [6, 6.07) is 4.12. The minimum atomic E-state index is 0.883. The Morgan fingerprint density at radius 2 is 2.21 bits per heavy atom. The molecule has 0 aliphatic heterocycles. The Bertz CT molecular complexity index is 524. The summed E-state index contributed by atoms with van der Waals surface area (Å²) in [4.78, 5) is 12.1. The van der Waals surface area contributed by atoms with Crippen LogP contribution in [0, 0.1) is 6.92 Å². The Hall–Kier alpha value is -1.62. The van der Waals surface area contributed by atoms with Gasteiger partial charge >= 0.3 is 0 Å². The summed E-state index contributed by atoms with van der Waals surface area (Å²) in [6.07, 6.45) is 2.95. The maximum absolute atomic E-state index is 4.33. The molecule has 5 heteroatoms. The first-order valence-electron chi connectivity index (χ1n) is 6.50. The molecule has 0 aliphatic rings. The van der Waals surface area contributed by atoms with Crippen molar-refractivity contribution in [3.8, 4) is 0 Å². The summed E-state index contributed by atoms with van der Waals surface area (Å²) in [5.74, 6) is 0.937. The molecule has 0 aromatic carbocycles. The zero-order valence-corrected chi connectivity index (χ0v) is 12.5. The van der Waals surface area contributed by atoms with Crippen LogP contribution in [0.4, 0.5) is 11.5 Å². The van der Waals surface area contributed by atoms with Crippen molar-refractivity contribution >= 4 is 22.8 Å². The number of rotatable bonds is 6. The van der Waals surface area contributed by atoms with Crippen molar-refractivity contribution in [2.75, 3.05) is 23.8 Å². The highest BCUT2D eigenvalue weighted by molar-refractivity contribution is 7.09. The number of aryl methyl sites for hydroxylation is 1. The van der Waals surface area contributed by atoms with Gasteiger partial charge in [-0.3, -0.25) is 0 Å². The van der Waals surface area contributed by atoms with Crippen LogP contribution in [0.15, 0.2) is 23.8 Å². The van der Waals surface area contributed by atoms with E-state index in [0.717, 1.165) is 31.0 Å². The van der Waals surface area contributed by atoms with Crippen molar-refractivity contribution in [2.45, 2.75) is 26.8 Å². The second-order valence-corrected chi connectivity index (χ2v) is 5.48. The van der Waals surface area contributed by atoms with Crippen molar-refractivity contribution in [3.63, 3.8) is 0 Å². The van der Waals surface area contributed by atoms with Gasteiger partial charge < -0.3 is 10.2 Å². The van der Waals surface area contributed by atoms with Crippen LogP contribution < -0.4 is 10.2 Å². The Kier molecular flexibility index (Phi) is 4.74. The molecule has 2 aromatic rings. The lowest BCUT2D eigenvalue weighted by Crippen LogP contribution is -2.16. The van der Waals surface area contributed by atoms with Crippen molar-refractivity contribution in [3.05, 3.63) is 34.4 Å². The number of thiazole rings is 1. The third kappa shape index (κ3) is 3.67. The molecular formula is C14H20N4S. The molecule has 19 heavy (non-hydrogen) atoms. The van der Waals surface area contributed by atoms with E-state index in [4.69, 9.17) is 0 Å². The topological polar surface area (TPSA) is 41.0 Å². The molecule has 0 saturated carbocycles. The van der Waals surface area contributed by atoms with E-state index >= 15 is 0 Å². The molecule has 0 saturated heterocycles. The summed E-state index contributed by atoms with van der Waals surface area (Å²) < 4.78 is 0. The van der Waals surface area contributed by atoms with Crippen LogP contribution >= 0.6 is 11.3 Å². The maximum atomic E-state index is 4.33. The van der Waals surface area contributed by atoms with Gasteiger partial charge in [0.2, 0.25) is 0 Å². The van der Waals surface area contributed by atoms with Gasteiger partial charge in [-0.25, -0.2) is 9.97 Å². The summed E-state index contributed by atoms with van der Waals surface area (Å²) in [6.45, 7) is 6.04. The van der Waals surface area contributed by atoms with Gasteiger partial charge in [-0.2, -0.15) is 0 Å². The van der Waals surface area contributed by atoms with Crippen molar-refractivity contribution in [1.82, 2.24) is 9.97 Å². The maximum Gasteiger partial charge on any atom is 0.127 e. The molecule has 1 N–H and O–H groups in total. The molecule has 0 radical (unpaired) electrons. The van der Waals surface area contributed by atoms with Gasteiger partial charge in [0.05, 0.1) is 17.7 Å². The standard InChI is InChI=1S/C14H20N4S/c1-4-6-15-14-8-12(5-7-16-14)18(3)9-13-11(2)17-10-19-13/h5,7-8,10H,4,6,9H2,1-3H3,(H,15,16). The highest BCUT2D eigenvalue weighted by Crippen LogP contribution is 2.21. The van der Waals surface area contributed by atoms with E-state index in [1.165, 1.54) is 10.6 Å². The van der Waals surface area contributed by atoms with Crippen LogP contribution in [-0.2, 0) is 6.54 Å². The Labute approximate surface area is 118 Å². The van der Waals surface area contributed by atoms with Crippen LogP contribution in [0.25, 0.3) is 0 Å². The smallest absolute Gasteiger partial charge is 0.127 e. The molecule has 4 nitrogen and oxygen atoms in total. The minimum Gasteiger partial charge on any atom is -0.370 e. The Morgan fingerprint density at radius 3 is 2.89 bits per heavy atom. The SMILES string of the molecule is CCCNc1cc(N(C)Cc2scnc2C)ccn1. The molecule has 2 aromatic heterocycles. The molecule has 0 amide bonds. The molecule has 0 fully saturated rings. The number of anilines is 2. The first-order chi connectivity index (χ1) is 9.20. The average molecular weight is 276 g/mol. The fraction of sp³-hybridized carbons (Fsp3) is 0.429. The third-order valence-corrected chi connectivity index (χ3v) is 3.89. The average Bonchev–Trinajstić information content (AvgIpc) is 2.82. The number of hydrogen-bond donors (Lipinski definition) is 1. The van der Waals surface area contributed by atoms with Gasteiger partial charge in [0.25, 0.3) is 0 Å². The van der Waals surface area contributed by atoms with Crippen LogP contribution in [0.1, 0.15) is 23.9 Å². The molecule has 102 valence electrons. The number of nitrogens with one attached hydrogen (secondary N) is 1. The largest absolute Gasteiger partial charge is 0.370 e. The number of aromatic nitrogens is 2. The molecule has 2 heterocycles. The summed E-state index contributed by atoms with van der Waals surface area (Å²) in [7, 11) is 2.10. The van der Waals surface area contributed by atoms with Crippen molar-refractivity contribution in [2.24, 2.45) is 0 Å². The fourth-order valence-electron chi connectivity index (χ4n) is 1.79. The summed E-state index contributed by atoms with van der Waals surface area (Å²) in [5, 5.41) is 3.31. The van der Waals surface area contributed by atoms with E-state index in [-0.39, 0.29) is 0 Å². The number of nitrogens with zero attached hydrogens (tertiary/aromatic N) is 3. The normalized spacial score (nSPS) is 10.5. The predicted molar refractivity (Wildman–Crippen MR) is 82.0 cm³/mol. The Balaban J connectivity index is 2.06. The van der Waals surface area contributed by atoms with Gasteiger partial charge in [-0.1, -0.05) is 6.92 Å². The molecule has 0 aliphatic carbocycles. The van der Waals surface area contributed by atoms with Crippen molar-refractivity contribution in [1.29, 1.82) is 0 Å². The van der Waals surface area contributed by atoms with Gasteiger partial charge in [0.1, 0.15) is 5.82 Å². The highest BCUT2D eigenvalue weighted by atomic mass is 32.1. The van der Waals surface area contributed by atoms with E-state index in [1.54, 1.807) is 11.3 Å². The summed E-state index contributed by atoms with van der Waals surface area (Å²) in [5.41, 5.74) is 4.19. The van der Waals surface area contributed by atoms with Gasteiger partial charge in [0.15, 0.2) is 0 Å². The van der Waals surface area contributed by atoms with Gasteiger partial charge in [-0.15, -0.1) is 11.3 Å². The molecule has 0 unspecified atom stereocenters. The van der Waals surface area contributed by atoms with E-state index < -0.39 is 0 Å². The second-order valence-electron chi connectivity index (χ2n) is 4.54. The third-order valence-electron chi connectivity index (χ3n) is 2.97. The summed E-state index contributed by atoms with van der Waals surface area (Å²) >= 11 is 1.71. The van der Waals surface area contributed by atoms with E-state index in [1.807, 2.05) is 17.8 Å². The number of hydrogen-bond acceptors (Lipinski definition) is 5. The molecule has 0 atom stereocenters. The monoisotopic (exact) mass is 276 g/mol. The molecule has 2 rings (SSSR count). The lowest BCUT2D eigenvalue weighted by Gasteiger charge is -2.19. The predicted octanol–water partition coefficient (Wildman–Crippen LogP) is 3.30. The lowest BCUT2D eigenvalue weighted by atomic mass is 10.3. The van der Waals surface area contributed by atoms with Crippen molar-refractivity contribution < 1.29 is 0 Å². The van der Waals surface area contributed by atoms with E-state index in [2.05, 4.69) is 47.1 Å². The zero-order valence-electron chi connectivity index (χ0n) is 11.7. The zero-order chi connectivity index (χ0) is 13.7. The van der Waals surface area contributed by atoms with E-state index in [0.29, 0.717) is 0 Å². The first-order valence-corrected chi connectivity index (χ1v) is 7.38. The molecule has 0 spiro atoms. The van der Waals surface area contributed by atoms with Gasteiger partial charge in [0, 0.05) is 36.4 Å². The molecule has 0 bridgehead atoms. The quantitative estimate of drug-likeness (QED) is 0.879. The van der Waals surface area contributed by atoms with Gasteiger partial charge in [-0.05, 0) is 19.4 Å². The van der Waals surface area contributed by atoms with Crippen LogP contribution in [0.3, 0.4) is 0 Å². The van der Waals surface area contributed by atoms with Crippen LogP contribution in [-0.4, -0.2) is 23.6 Å².